The highest BCUT2D eigenvalue weighted by Crippen LogP contribution is 2.04. The summed E-state index contributed by atoms with van der Waals surface area (Å²) in [6.07, 6.45) is 5.13. The van der Waals surface area contributed by atoms with E-state index in [-0.39, 0.29) is 12.5 Å². The van der Waals surface area contributed by atoms with Gasteiger partial charge in [-0.25, -0.2) is 4.68 Å². The van der Waals surface area contributed by atoms with Gasteiger partial charge in [0.25, 0.3) is 0 Å². The number of nitrogens with zero attached hydrogens (tertiary/aromatic N) is 4. The van der Waals surface area contributed by atoms with Gasteiger partial charge in [-0.05, 0) is 17.7 Å². The minimum Gasteiger partial charge on any atom is -0.367 e. The molecular weight excluding hydrogens is 306 g/mol. The Hall–Kier alpha value is -3.06. The van der Waals surface area contributed by atoms with Gasteiger partial charge < -0.3 is 10.1 Å². The van der Waals surface area contributed by atoms with Crippen molar-refractivity contribution in [3.05, 3.63) is 72.3 Å². The van der Waals surface area contributed by atoms with E-state index < -0.39 is 0 Å². The second-order valence-corrected chi connectivity index (χ2v) is 5.12. The highest BCUT2D eigenvalue weighted by molar-refractivity contribution is 5.77. The predicted molar refractivity (Wildman–Crippen MR) is 87.1 cm³/mol. The molecule has 7 heteroatoms. The average Bonchev–Trinajstić information content (AvgIpc) is 3.11. The molecule has 2 heterocycles. The van der Waals surface area contributed by atoms with Crippen LogP contribution in [-0.4, -0.2) is 32.5 Å². The van der Waals surface area contributed by atoms with Crippen molar-refractivity contribution in [2.24, 2.45) is 0 Å². The third-order valence-electron chi connectivity index (χ3n) is 3.26. The van der Waals surface area contributed by atoms with Gasteiger partial charge in [0.2, 0.25) is 5.91 Å². The van der Waals surface area contributed by atoms with Crippen molar-refractivity contribution in [2.45, 2.75) is 13.2 Å². The standard InChI is InChI=1S/C17H17N5O2/c23-17(13-24-12-14-5-2-1-3-6-14)19-9-15-11-22(21-20-15)16-7-4-8-18-10-16/h1-8,10-11H,9,12-13H2,(H,19,23). The van der Waals surface area contributed by atoms with Crippen molar-refractivity contribution in [1.82, 2.24) is 25.3 Å². The third kappa shape index (κ3) is 4.47. The molecule has 3 aromatic rings. The molecule has 0 saturated heterocycles. The number of aromatic nitrogens is 4. The monoisotopic (exact) mass is 323 g/mol. The van der Waals surface area contributed by atoms with Crippen LogP contribution in [0.5, 0.6) is 0 Å². The number of hydrogen-bond donors (Lipinski definition) is 1. The van der Waals surface area contributed by atoms with E-state index >= 15 is 0 Å². The fourth-order valence-corrected chi connectivity index (χ4v) is 2.07. The molecule has 0 spiro atoms. The summed E-state index contributed by atoms with van der Waals surface area (Å²) in [5.74, 6) is -0.193. The number of carbonyl (C=O) groups is 1. The highest BCUT2D eigenvalue weighted by atomic mass is 16.5. The lowest BCUT2D eigenvalue weighted by Crippen LogP contribution is -2.27. The summed E-state index contributed by atoms with van der Waals surface area (Å²) in [7, 11) is 0. The van der Waals surface area contributed by atoms with Crippen molar-refractivity contribution >= 4 is 5.91 Å². The molecule has 1 amide bonds. The molecule has 0 aliphatic rings. The Morgan fingerprint density at radius 3 is 2.83 bits per heavy atom. The summed E-state index contributed by atoms with van der Waals surface area (Å²) in [5.41, 5.74) is 2.51. The topological polar surface area (TPSA) is 81.9 Å². The summed E-state index contributed by atoms with van der Waals surface area (Å²) in [6.45, 7) is 0.713. The molecule has 0 radical (unpaired) electrons. The van der Waals surface area contributed by atoms with Gasteiger partial charge in [-0.15, -0.1) is 5.10 Å². The van der Waals surface area contributed by atoms with E-state index in [0.29, 0.717) is 18.8 Å². The quantitative estimate of drug-likeness (QED) is 0.712. The van der Waals surface area contributed by atoms with Gasteiger partial charge in [0.1, 0.15) is 12.3 Å². The summed E-state index contributed by atoms with van der Waals surface area (Å²) in [5, 5.41) is 10.8. The Morgan fingerprint density at radius 1 is 1.17 bits per heavy atom. The van der Waals surface area contributed by atoms with E-state index in [9.17, 15) is 4.79 Å². The van der Waals surface area contributed by atoms with Crippen LogP contribution >= 0.6 is 0 Å². The number of rotatable bonds is 7. The number of pyridine rings is 1. The van der Waals surface area contributed by atoms with Gasteiger partial charge in [-0.1, -0.05) is 35.5 Å². The molecule has 1 aromatic carbocycles. The molecule has 7 nitrogen and oxygen atoms in total. The Kier molecular flexibility index (Phi) is 5.26. The van der Waals surface area contributed by atoms with E-state index in [1.807, 2.05) is 42.5 Å². The van der Waals surface area contributed by atoms with E-state index in [2.05, 4.69) is 20.6 Å². The SMILES string of the molecule is O=C(COCc1ccccc1)NCc1cn(-c2cccnc2)nn1. The number of benzene rings is 1. The van der Waals surface area contributed by atoms with Crippen LogP contribution in [0.25, 0.3) is 5.69 Å². The zero-order chi connectivity index (χ0) is 16.6. The Labute approximate surface area is 139 Å². The number of hydrogen-bond acceptors (Lipinski definition) is 5. The first-order valence-corrected chi connectivity index (χ1v) is 7.51. The molecule has 0 aliphatic carbocycles. The molecule has 1 N–H and O–H groups in total. The molecule has 0 saturated carbocycles. The minimum atomic E-state index is -0.193. The predicted octanol–water partition coefficient (Wildman–Crippen LogP) is 1.50. The van der Waals surface area contributed by atoms with Gasteiger partial charge >= 0.3 is 0 Å². The van der Waals surface area contributed by atoms with E-state index in [0.717, 1.165) is 11.3 Å². The fraction of sp³-hybridized carbons (Fsp3) is 0.176. The molecule has 0 atom stereocenters. The average molecular weight is 323 g/mol. The first kappa shape index (κ1) is 15.8. The number of ether oxygens (including phenoxy) is 1. The van der Waals surface area contributed by atoms with Gasteiger partial charge in [0.15, 0.2) is 0 Å². The van der Waals surface area contributed by atoms with Crippen LogP contribution in [0.4, 0.5) is 0 Å². The van der Waals surface area contributed by atoms with Gasteiger partial charge in [0, 0.05) is 6.20 Å². The lowest BCUT2D eigenvalue weighted by molar-refractivity contribution is -0.126. The van der Waals surface area contributed by atoms with E-state index in [1.54, 1.807) is 23.3 Å². The maximum Gasteiger partial charge on any atom is 0.246 e. The van der Waals surface area contributed by atoms with Crippen molar-refractivity contribution in [3.63, 3.8) is 0 Å². The largest absolute Gasteiger partial charge is 0.367 e. The zero-order valence-electron chi connectivity index (χ0n) is 13.0. The Balaban J connectivity index is 1.42. The summed E-state index contributed by atoms with van der Waals surface area (Å²) < 4.78 is 6.99. The van der Waals surface area contributed by atoms with Gasteiger partial charge in [0.05, 0.1) is 31.2 Å². The second-order valence-electron chi connectivity index (χ2n) is 5.12. The lowest BCUT2D eigenvalue weighted by atomic mass is 10.2. The van der Waals surface area contributed by atoms with Crippen LogP contribution in [0.2, 0.25) is 0 Å². The smallest absolute Gasteiger partial charge is 0.246 e. The van der Waals surface area contributed by atoms with Crippen LogP contribution < -0.4 is 5.32 Å². The molecular formula is C17H17N5O2. The first-order chi connectivity index (χ1) is 11.8. The minimum absolute atomic E-state index is 0.00559. The molecule has 0 bridgehead atoms. The van der Waals surface area contributed by atoms with Crippen molar-refractivity contribution < 1.29 is 9.53 Å². The summed E-state index contributed by atoms with van der Waals surface area (Å²) in [4.78, 5) is 15.8. The zero-order valence-corrected chi connectivity index (χ0v) is 13.0. The van der Waals surface area contributed by atoms with Crippen molar-refractivity contribution in [1.29, 1.82) is 0 Å². The number of amides is 1. The second kappa shape index (κ2) is 7.98. The summed E-state index contributed by atoms with van der Waals surface area (Å²) in [6, 6.07) is 13.4. The first-order valence-electron chi connectivity index (χ1n) is 7.51. The number of nitrogens with one attached hydrogen (secondary N) is 1. The van der Waals surface area contributed by atoms with Crippen LogP contribution in [0.3, 0.4) is 0 Å². The van der Waals surface area contributed by atoms with Crippen LogP contribution in [0.15, 0.2) is 61.1 Å². The highest BCUT2D eigenvalue weighted by Gasteiger charge is 2.06. The van der Waals surface area contributed by atoms with Crippen LogP contribution in [-0.2, 0) is 22.7 Å². The summed E-state index contributed by atoms with van der Waals surface area (Å²) >= 11 is 0. The van der Waals surface area contributed by atoms with Crippen LogP contribution in [0.1, 0.15) is 11.3 Å². The van der Waals surface area contributed by atoms with Crippen LogP contribution in [0, 0.1) is 0 Å². The molecule has 122 valence electrons. The number of carbonyl (C=O) groups excluding carboxylic acids is 1. The molecule has 0 unspecified atom stereocenters. The maximum atomic E-state index is 11.8. The van der Waals surface area contributed by atoms with Gasteiger partial charge in [-0.2, -0.15) is 0 Å². The maximum absolute atomic E-state index is 11.8. The normalized spacial score (nSPS) is 10.5. The third-order valence-corrected chi connectivity index (χ3v) is 3.26. The van der Waals surface area contributed by atoms with Crippen molar-refractivity contribution in [2.75, 3.05) is 6.61 Å². The lowest BCUT2D eigenvalue weighted by Gasteiger charge is -2.05. The molecule has 2 aromatic heterocycles. The molecule has 0 aliphatic heterocycles. The fourth-order valence-electron chi connectivity index (χ4n) is 2.07. The van der Waals surface area contributed by atoms with E-state index in [1.165, 1.54) is 0 Å². The Morgan fingerprint density at radius 2 is 2.04 bits per heavy atom. The van der Waals surface area contributed by atoms with Crippen molar-refractivity contribution in [3.8, 4) is 5.69 Å². The van der Waals surface area contributed by atoms with E-state index in [4.69, 9.17) is 4.74 Å². The molecule has 24 heavy (non-hydrogen) atoms. The Bertz CT molecular complexity index is 774. The molecule has 3 rings (SSSR count). The molecule has 0 fully saturated rings. The van der Waals surface area contributed by atoms with Gasteiger partial charge in [-0.3, -0.25) is 9.78 Å².